The molecule has 0 saturated carbocycles. The smallest absolute Gasteiger partial charge is 0.388 e. The van der Waals surface area contributed by atoms with Crippen molar-refractivity contribution in [1.29, 1.82) is 0 Å². The molecule has 1 unspecified atom stereocenters. The number of hydrogen-bond donors (Lipinski definition) is 0. The topological polar surface area (TPSA) is 96.0 Å². The maximum Gasteiger partial charge on any atom is 0.420 e. The first-order chi connectivity index (χ1) is 13.3. The zero-order valence-electron chi connectivity index (χ0n) is 15.3. The van der Waals surface area contributed by atoms with Crippen LogP contribution in [0.3, 0.4) is 0 Å². The Morgan fingerprint density at radius 2 is 1.43 bits per heavy atom. The Hall–Kier alpha value is -3.74. The Labute approximate surface area is 161 Å². The molecule has 0 aliphatic heterocycles. The van der Waals surface area contributed by atoms with Crippen LogP contribution >= 0.6 is 0 Å². The van der Waals surface area contributed by atoms with Crippen molar-refractivity contribution in [3.8, 4) is 0 Å². The van der Waals surface area contributed by atoms with Crippen LogP contribution in [0.4, 0.5) is 0 Å². The molecule has 7 heteroatoms. The summed E-state index contributed by atoms with van der Waals surface area (Å²) in [7, 11) is 0. The first-order valence-corrected chi connectivity index (χ1v) is 8.23. The van der Waals surface area contributed by atoms with E-state index in [2.05, 4.69) is 6.58 Å². The number of ether oxygens (including phenoxy) is 3. The SMILES string of the molecule is C=CC(=O)OC(C)(OC(C)=O)OC(=O)c1ccccc1C(=O)c1ccccc1. The second-order valence-corrected chi connectivity index (χ2v) is 5.71. The van der Waals surface area contributed by atoms with Crippen LogP contribution in [-0.2, 0) is 23.8 Å². The molecule has 2 aromatic carbocycles. The summed E-state index contributed by atoms with van der Waals surface area (Å²) in [5, 5.41) is 0. The molecule has 0 N–H and O–H groups in total. The van der Waals surface area contributed by atoms with E-state index in [1.165, 1.54) is 18.2 Å². The van der Waals surface area contributed by atoms with Gasteiger partial charge in [0.15, 0.2) is 5.78 Å². The highest BCUT2D eigenvalue weighted by atomic mass is 16.9. The molecule has 7 nitrogen and oxygen atoms in total. The maximum absolute atomic E-state index is 12.7. The summed E-state index contributed by atoms with van der Waals surface area (Å²) < 4.78 is 14.8. The fourth-order valence-corrected chi connectivity index (χ4v) is 2.38. The lowest BCUT2D eigenvalue weighted by molar-refractivity contribution is -0.308. The Morgan fingerprint density at radius 3 is 2.00 bits per heavy atom. The van der Waals surface area contributed by atoms with Gasteiger partial charge in [0.2, 0.25) is 0 Å². The quantitative estimate of drug-likeness (QED) is 0.314. The van der Waals surface area contributed by atoms with Gasteiger partial charge in [-0.1, -0.05) is 55.1 Å². The van der Waals surface area contributed by atoms with Crippen molar-refractivity contribution in [2.24, 2.45) is 0 Å². The Bertz CT molecular complexity index is 917. The van der Waals surface area contributed by atoms with Crippen LogP contribution in [0, 0.1) is 0 Å². The molecule has 0 aromatic heterocycles. The average Bonchev–Trinajstić information content (AvgIpc) is 2.67. The monoisotopic (exact) mass is 382 g/mol. The summed E-state index contributed by atoms with van der Waals surface area (Å²) in [4.78, 5) is 48.3. The molecule has 0 saturated heterocycles. The van der Waals surface area contributed by atoms with Gasteiger partial charge in [-0.25, -0.2) is 9.59 Å². The van der Waals surface area contributed by atoms with Gasteiger partial charge in [-0.05, 0) is 6.07 Å². The minimum Gasteiger partial charge on any atom is -0.388 e. The van der Waals surface area contributed by atoms with E-state index in [0.717, 1.165) is 19.9 Å². The molecule has 0 aliphatic rings. The first kappa shape index (κ1) is 20.6. The van der Waals surface area contributed by atoms with Crippen molar-refractivity contribution in [3.05, 3.63) is 83.9 Å². The summed E-state index contributed by atoms with van der Waals surface area (Å²) >= 11 is 0. The van der Waals surface area contributed by atoms with Crippen LogP contribution in [0.5, 0.6) is 0 Å². The minimum atomic E-state index is -2.32. The molecule has 0 amide bonds. The van der Waals surface area contributed by atoms with Gasteiger partial charge >= 0.3 is 23.9 Å². The second-order valence-electron chi connectivity index (χ2n) is 5.71. The van der Waals surface area contributed by atoms with Gasteiger partial charge in [-0.2, -0.15) is 0 Å². The number of rotatable bonds is 7. The van der Waals surface area contributed by atoms with Gasteiger partial charge in [-0.15, -0.1) is 0 Å². The van der Waals surface area contributed by atoms with Crippen molar-refractivity contribution < 1.29 is 33.4 Å². The van der Waals surface area contributed by atoms with Gasteiger partial charge < -0.3 is 14.2 Å². The normalized spacial score (nSPS) is 12.2. The van der Waals surface area contributed by atoms with E-state index < -0.39 is 29.7 Å². The van der Waals surface area contributed by atoms with Crippen molar-refractivity contribution in [2.75, 3.05) is 0 Å². The summed E-state index contributed by atoms with van der Waals surface area (Å²) in [6, 6.07) is 14.3. The molecule has 0 spiro atoms. The molecule has 0 aliphatic carbocycles. The lowest BCUT2D eigenvalue weighted by atomic mass is 9.98. The number of carbonyl (C=O) groups is 4. The van der Waals surface area contributed by atoms with Crippen LogP contribution in [0.25, 0.3) is 0 Å². The highest BCUT2D eigenvalue weighted by molar-refractivity contribution is 6.14. The van der Waals surface area contributed by atoms with E-state index >= 15 is 0 Å². The number of hydrogen-bond acceptors (Lipinski definition) is 7. The van der Waals surface area contributed by atoms with Gasteiger partial charge in [0.1, 0.15) is 0 Å². The van der Waals surface area contributed by atoms with Crippen LogP contribution in [0.2, 0.25) is 0 Å². The maximum atomic E-state index is 12.7. The molecular formula is C21H18O7. The fraction of sp³-hybridized carbons (Fsp3) is 0.143. The molecule has 2 aromatic rings. The van der Waals surface area contributed by atoms with Crippen molar-refractivity contribution in [1.82, 2.24) is 0 Å². The Morgan fingerprint density at radius 1 is 0.857 bits per heavy atom. The first-order valence-electron chi connectivity index (χ1n) is 8.23. The summed E-state index contributed by atoms with van der Waals surface area (Å²) in [6.45, 7) is 5.37. The second kappa shape index (κ2) is 8.77. The van der Waals surface area contributed by atoms with Crippen LogP contribution in [0.1, 0.15) is 40.1 Å². The van der Waals surface area contributed by atoms with E-state index in [-0.39, 0.29) is 11.1 Å². The Kier molecular flexibility index (Phi) is 6.44. The molecule has 0 fully saturated rings. The lowest BCUT2D eigenvalue weighted by Gasteiger charge is -2.27. The number of carbonyl (C=O) groups excluding carboxylic acids is 4. The molecule has 144 valence electrons. The summed E-state index contributed by atoms with van der Waals surface area (Å²) in [5.41, 5.74) is 0.381. The largest absolute Gasteiger partial charge is 0.420 e. The zero-order valence-corrected chi connectivity index (χ0v) is 15.3. The number of ketones is 1. The molecule has 2 rings (SSSR count). The third-order valence-electron chi connectivity index (χ3n) is 3.49. The zero-order chi connectivity index (χ0) is 20.7. The van der Waals surface area contributed by atoms with Crippen molar-refractivity contribution in [3.63, 3.8) is 0 Å². The number of benzene rings is 2. The number of esters is 3. The summed E-state index contributed by atoms with van der Waals surface area (Å²) in [5.74, 6) is -5.55. The van der Waals surface area contributed by atoms with Crippen molar-refractivity contribution >= 4 is 23.7 Å². The van der Waals surface area contributed by atoms with E-state index in [1.807, 2.05) is 0 Å². The van der Waals surface area contributed by atoms with Crippen LogP contribution in [0.15, 0.2) is 67.3 Å². The predicted molar refractivity (Wildman–Crippen MR) is 98.2 cm³/mol. The van der Waals surface area contributed by atoms with Gasteiger partial charge in [0.25, 0.3) is 0 Å². The van der Waals surface area contributed by atoms with Gasteiger partial charge in [0.05, 0.1) is 12.5 Å². The molecule has 28 heavy (non-hydrogen) atoms. The van der Waals surface area contributed by atoms with Crippen LogP contribution in [-0.4, -0.2) is 29.7 Å². The Balaban J connectivity index is 2.35. The van der Waals surface area contributed by atoms with Gasteiger partial charge in [-0.3, -0.25) is 9.59 Å². The minimum absolute atomic E-state index is 0.0793. The molecule has 0 bridgehead atoms. The van der Waals surface area contributed by atoms with Crippen LogP contribution < -0.4 is 0 Å². The molecular weight excluding hydrogens is 364 g/mol. The van der Waals surface area contributed by atoms with E-state index in [1.54, 1.807) is 36.4 Å². The molecule has 0 radical (unpaired) electrons. The van der Waals surface area contributed by atoms with Gasteiger partial charge in [0, 0.05) is 24.1 Å². The standard InChI is InChI=1S/C21H18O7/c1-4-18(23)27-21(3,26-14(2)22)28-20(25)17-13-9-8-12-16(17)19(24)15-10-6-5-7-11-15/h4-13H,1H2,2-3H3. The van der Waals surface area contributed by atoms with Crippen molar-refractivity contribution in [2.45, 2.75) is 19.8 Å². The van der Waals surface area contributed by atoms with E-state index in [9.17, 15) is 19.2 Å². The highest BCUT2D eigenvalue weighted by Gasteiger charge is 2.38. The third kappa shape index (κ3) is 5.14. The fourth-order valence-electron chi connectivity index (χ4n) is 2.38. The highest BCUT2D eigenvalue weighted by Crippen LogP contribution is 2.21. The third-order valence-corrected chi connectivity index (χ3v) is 3.49. The predicted octanol–water partition coefficient (Wildman–Crippen LogP) is 3.04. The molecule has 1 atom stereocenters. The lowest BCUT2D eigenvalue weighted by Crippen LogP contribution is -2.41. The average molecular weight is 382 g/mol. The van der Waals surface area contributed by atoms with E-state index in [4.69, 9.17) is 14.2 Å². The van der Waals surface area contributed by atoms with E-state index in [0.29, 0.717) is 5.56 Å². The summed E-state index contributed by atoms with van der Waals surface area (Å²) in [6.07, 6.45) is 0.822. The molecule has 0 heterocycles.